The summed E-state index contributed by atoms with van der Waals surface area (Å²) in [5, 5.41) is 20.1. The molecule has 3 atom stereocenters. The van der Waals surface area contributed by atoms with Crippen molar-refractivity contribution >= 4 is 12.0 Å². The topological polar surface area (TPSA) is 73.2 Å². The first-order valence-corrected chi connectivity index (χ1v) is 13.2. The molecule has 3 aliphatic rings. The van der Waals surface area contributed by atoms with Gasteiger partial charge in [-0.25, -0.2) is 0 Å². The maximum absolute atomic E-state index is 13.2. The van der Waals surface area contributed by atoms with Crippen molar-refractivity contribution in [2.45, 2.75) is 55.6 Å². The number of likely N-dealkylation sites (N-methyl/N-ethyl adjacent to an activating group) is 1. The summed E-state index contributed by atoms with van der Waals surface area (Å²) >= 11 is 0. The SMILES string of the molecule is CO[C@]12CC[C@@H](N(C)C(=O)C=Cc3cccc(O)c3)C[C@]1(c1cccc(O)c1)CCN(CC1CC1)C2. The van der Waals surface area contributed by atoms with Gasteiger partial charge in [-0.2, -0.15) is 0 Å². The van der Waals surface area contributed by atoms with Gasteiger partial charge in [-0.1, -0.05) is 24.3 Å². The molecule has 2 aromatic carbocycles. The Labute approximate surface area is 214 Å². The smallest absolute Gasteiger partial charge is 0.246 e. The molecule has 2 N–H and O–H groups in total. The fraction of sp³-hybridized carbons (Fsp3) is 0.500. The van der Waals surface area contributed by atoms with Crippen molar-refractivity contribution < 1.29 is 19.7 Å². The molecule has 2 aliphatic carbocycles. The number of hydrogen-bond donors (Lipinski definition) is 2. The summed E-state index contributed by atoms with van der Waals surface area (Å²) in [6, 6.07) is 14.6. The zero-order valence-electron chi connectivity index (χ0n) is 21.4. The minimum Gasteiger partial charge on any atom is -0.508 e. The van der Waals surface area contributed by atoms with Crippen molar-refractivity contribution in [3.63, 3.8) is 0 Å². The second kappa shape index (κ2) is 9.91. The molecular weight excluding hydrogens is 452 g/mol. The predicted molar refractivity (Wildman–Crippen MR) is 141 cm³/mol. The fourth-order valence-corrected chi connectivity index (χ4v) is 6.62. The van der Waals surface area contributed by atoms with Gasteiger partial charge in [0, 0.05) is 44.8 Å². The molecule has 1 saturated heterocycles. The molecule has 36 heavy (non-hydrogen) atoms. The lowest BCUT2D eigenvalue weighted by Crippen LogP contribution is -2.68. The highest BCUT2D eigenvalue weighted by Gasteiger charge is 2.59. The number of nitrogens with zero attached hydrogens (tertiary/aromatic N) is 2. The molecule has 1 amide bonds. The van der Waals surface area contributed by atoms with Crippen molar-refractivity contribution in [2.24, 2.45) is 5.92 Å². The number of carbonyl (C=O) groups excluding carboxylic acids is 1. The quantitative estimate of drug-likeness (QED) is 0.557. The summed E-state index contributed by atoms with van der Waals surface area (Å²) in [6.07, 6.45) is 9.47. The molecule has 0 bridgehead atoms. The third-order valence-corrected chi connectivity index (χ3v) is 8.86. The lowest BCUT2D eigenvalue weighted by molar-refractivity contribution is -0.159. The maximum Gasteiger partial charge on any atom is 0.246 e. The van der Waals surface area contributed by atoms with E-state index in [2.05, 4.69) is 11.0 Å². The minimum absolute atomic E-state index is 0.0505. The minimum atomic E-state index is -0.355. The monoisotopic (exact) mass is 490 g/mol. The zero-order valence-corrected chi connectivity index (χ0v) is 21.4. The number of likely N-dealkylation sites (tertiary alicyclic amines) is 1. The van der Waals surface area contributed by atoms with Gasteiger partial charge >= 0.3 is 0 Å². The van der Waals surface area contributed by atoms with Crippen LogP contribution < -0.4 is 0 Å². The normalized spacial score (nSPS) is 28.7. The molecule has 6 heteroatoms. The van der Waals surface area contributed by atoms with Gasteiger partial charge in [-0.05, 0) is 92.5 Å². The third-order valence-electron chi connectivity index (χ3n) is 8.86. The number of fused-ring (bicyclic) bond motifs is 1. The molecule has 0 aromatic heterocycles. The largest absolute Gasteiger partial charge is 0.508 e. The molecule has 5 rings (SSSR count). The first-order chi connectivity index (χ1) is 17.3. The Morgan fingerprint density at radius 1 is 1.11 bits per heavy atom. The second-order valence-electron chi connectivity index (χ2n) is 11.0. The average Bonchev–Trinajstić information content (AvgIpc) is 3.70. The molecule has 0 radical (unpaired) electrons. The van der Waals surface area contributed by atoms with Crippen LogP contribution in [0.15, 0.2) is 54.6 Å². The molecule has 192 valence electrons. The molecule has 1 heterocycles. The van der Waals surface area contributed by atoms with Crippen molar-refractivity contribution in [1.82, 2.24) is 9.80 Å². The van der Waals surface area contributed by atoms with Gasteiger partial charge in [0.25, 0.3) is 0 Å². The van der Waals surface area contributed by atoms with Gasteiger partial charge in [0.2, 0.25) is 5.91 Å². The standard InChI is InChI=1S/C30H38N2O4/c1-31(28(35)12-11-22-5-3-7-26(33)17-22)25-13-14-30(36-2)21-32(20-23-9-10-23)16-15-29(30,19-25)24-6-4-8-27(34)18-24/h3-8,11-12,17-18,23,25,33-34H,9-10,13-16,19-21H2,1-2H3/t25-,29+,30+/m1/s1. The molecule has 0 spiro atoms. The number of phenolic OH excluding ortho intramolecular Hbond substituents is 2. The maximum atomic E-state index is 13.2. The van der Waals surface area contributed by atoms with E-state index >= 15 is 0 Å². The number of phenols is 2. The number of aromatic hydroxyl groups is 2. The van der Waals surface area contributed by atoms with Gasteiger partial charge in [-0.15, -0.1) is 0 Å². The van der Waals surface area contributed by atoms with Gasteiger partial charge in [-0.3, -0.25) is 4.79 Å². The summed E-state index contributed by atoms with van der Waals surface area (Å²) < 4.78 is 6.45. The molecular formula is C30H38N2O4. The van der Waals surface area contributed by atoms with Crippen LogP contribution in [-0.4, -0.2) is 71.4 Å². The number of methoxy groups -OCH3 is 1. The molecule has 2 saturated carbocycles. The molecule has 3 fully saturated rings. The zero-order chi connectivity index (χ0) is 25.3. The van der Waals surface area contributed by atoms with E-state index in [1.165, 1.54) is 12.8 Å². The highest BCUT2D eigenvalue weighted by atomic mass is 16.5. The van der Waals surface area contributed by atoms with Crippen LogP contribution >= 0.6 is 0 Å². The number of ether oxygens (including phenoxy) is 1. The second-order valence-corrected chi connectivity index (χ2v) is 11.0. The van der Waals surface area contributed by atoms with Crippen LogP contribution in [0.3, 0.4) is 0 Å². The van der Waals surface area contributed by atoms with Crippen molar-refractivity contribution in [1.29, 1.82) is 0 Å². The van der Waals surface area contributed by atoms with E-state index in [9.17, 15) is 15.0 Å². The number of hydrogen-bond acceptors (Lipinski definition) is 5. The van der Waals surface area contributed by atoms with Crippen LogP contribution in [-0.2, 0) is 14.9 Å². The van der Waals surface area contributed by atoms with Crippen molar-refractivity contribution in [2.75, 3.05) is 33.8 Å². The number of rotatable bonds is 7. The first-order valence-electron chi connectivity index (χ1n) is 13.2. The van der Waals surface area contributed by atoms with Crippen LogP contribution in [0.5, 0.6) is 11.5 Å². The first kappa shape index (κ1) is 24.8. The number of benzene rings is 2. The number of amides is 1. The van der Waals surface area contributed by atoms with E-state index in [-0.39, 0.29) is 34.5 Å². The summed E-state index contributed by atoms with van der Waals surface area (Å²) in [6.45, 7) is 3.03. The van der Waals surface area contributed by atoms with E-state index in [0.717, 1.165) is 62.4 Å². The third kappa shape index (κ3) is 4.76. The van der Waals surface area contributed by atoms with Crippen LogP contribution in [0.1, 0.15) is 49.7 Å². The predicted octanol–water partition coefficient (Wildman–Crippen LogP) is 4.56. The van der Waals surface area contributed by atoms with E-state index in [1.807, 2.05) is 37.3 Å². The van der Waals surface area contributed by atoms with E-state index in [0.29, 0.717) is 0 Å². The Hall–Kier alpha value is -2.83. The summed E-state index contributed by atoms with van der Waals surface area (Å²) in [5.74, 6) is 1.23. The number of carbonyl (C=O) groups is 1. The Morgan fingerprint density at radius 3 is 2.56 bits per heavy atom. The summed E-state index contributed by atoms with van der Waals surface area (Å²) in [4.78, 5) is 17.6. The van der Waals surface area contributed by atoms with Gasteiger partial charge in [0.1, 0.15) is 11.5 Å². The van der Waals surface area contributed by atoms with Gasteiger partial charge in [0.15, 0.2) is 0 Å². The van der Waals surface area contributed by atoms with E-state index in [4.69, 9.17) is 4.74 Å². The van der Waals surface area contributed by atoms with Crippen LogP contribution in [0, 0.1) is 5.92 Å². The summed E-state index contributed by atoms with van der Waals surface area (Å²) in [7, 11) is 3.73. The van der Waals surface area contributed by atoms with Crippen molar-refractivity contribution in [3.05, 3.63) is 65.7 Å². The molecule has 2 aromatic rings. The Kier molecular flexibility index (Phi) is 6.84. The van der Waals surface area contributed by atoms with Crippen LogP contribution in [0.25, 0.3) is 6.08 Å². The van der Waals surface area contributed by atoms with E-state index < -0.39 is 0 Å². The molecule has 6 nitrogen and oxygen atoms in total. The van der Waals surface area contributed by atoms with Crippen molar-refractivity contribution in [3.8, 4) is 11.5 Å². The Morgan fingerprint density at radius 2 is 1.86 bits per heavy atom. The molecule has 0 unspecified atom stereocenters. The van der Waals surface area contributed by atoms with Crippen LogP contribution in [0.2, 0.25) is 0 Å². The lowest BCUT2D eigenvalue weighted by Gasteiger charge is -2.60. The highest BCUT2D eigenvalue weighted by molar-refractivity contribution is 5.91. The highest BCUT2D eigenvalue weighted by Crippen LogP contribution is 2.54. The Bertz CT molecular complexity index is 1130. The van der Waals surface area contributed by atoms with Gasteiger partial charge in [0.05, 0.1) is 5.60 Å². The fourth-order valence-electron chi connectivity index (χ4n) is 6.62. The lowest BCUT2D eigenvalue weighted by atomic mass is 9.55. The summed E-state index contributed by atoms with van der Waals surface area (Å²) in [5.41, 5.74) is 1.26. The number of piperidine rings is 1. The van der Waals surface area contributed by atoms with E-state index in [1.54, 1.807) is 36.4 Å². The average molecular weight is 491 g/mol. The van der Waals surface area contributed by atoms with Gasteiger partial charge < -0.3 is 24.7 Å². The van der Waals surface area contributed by atoms with Crippen LogP contribution in [0.4, 0.5) is 0 Å². The molecule has 1 aliphatic heterocycles. The Balaban J connectivity index is 1.41.